The largest absolute Gasteiger partial charge is 0.370 e. The predicted octanol–water partition coefficient (Wildman–Crippen LogP) is 2.37. The Morgan fingerprint density at radius 3 is 2.74 bits per heavy atom. The molecule has 5 nitrogen and oxygen atoms in total. The van der Waals surface area contributed by atoms with E-state index < -0.39 is 0 Å². The lowest BCUT2D eigenvalue weighted by molar-refractivity contribution is -0.119. The van der Waals surface area contributed by atoms with Gasteiger partial charge >= 0.3 is 0 Å². The molecular weight excluding hydrogens is 288 g/mol. The van der Waals surface area contributed by atoms with Gasteiger partial charge in [-0.25, -0.2) is 0 Å². The Morgan fingerprint density at radius 1 is 1.26 bits per heavy atom. The van der Waals surface area contributed by atoms with Crippen LogP contribution in [0.4, 0.5) is 0 Å². The first-order chi connectivity index (χ1) is 11.1. The molecule has 3 unspecified atom stereocenters. The van der Waals surface area contributed by atoms with Crippen LogP contribution >= 0.6 is 0 Å². The Labute approximate surface area is 141 Å². The average Bonchev–Trinajstić information content (AvgIpc) is 2.51. The highest BCUT2D eigenvalue weighted by Gasteiger charge is 2.24. The molecule has 0 aromatic heterocycles. The molecule has 2 fully saturated rings. The number of amides is 1. The monoisotopic (exact) mass is 322 g/mol. The summed E-state index contributed by atoms with van der Waals surface area (Å²) in [6, 6.07) is 0. The van der Waals surface area contributed by atoms with Crippen LogP contribution in [-0.2, 0) is 4.79 Å². The highest BCUT2D eigenvalue weighted by molar-refractivity contribution is 5.80. The van der Waals surface area contributed by atoms with Gasteiger partial charge in [-0.3, -0.25) is 9.79 Å². The fourth-order valence-electron chi connectivity index (χ4n) is 4.25. The van der Waals surface area contributed by atoms with Crippen LogP contribution in [0.25, 0.3) is 0 Å². The summed E-state index contributed by atoms with van der Waals surface area (Å²) in [5.74, 6) is 2.94. The summed E-state index contributed by atoms with van der Waals surface area (Å²) in [7, 11) is 1.85. The minimum Gasteiger partial charge on any atom is -0.370 e. The summed E-state index contributed by atoms with van der Waals surface area (Å²) in [4.78, 5) is 17.9. The topological polar surface area (TPSA) is 70.7 Å². The third-order valence-corrected chi connectivity index (χ3v) is 5.40. The van der Waals surface area contributed by atoms with Gasteiger partial charge in [0.05, 0.1) is 0 Å². The maximum Gasteiger partial charge on any atom is 0.217 e. The van der Waals surface area contributed by atoms with E-state index >= 15 is 0 Å². The normalized spacial score (nSPS) is 29.4. The number of hydrogen-bond acceptors (Lipinski definition) is 2. The average molecular weight is 322 g/mol. The Hall–Kier alpha value is -1.26. The van der Waals surface area contributed by atoms with Crippen molar-refractivity contribution < 1.29 is 4.79 Å². The van der Waals surface area contributed by atoms with Gasteiger partial charge in [0.2, 0.25) is 5.91 Å². The highest BCUT2D eigenvalue weighted by atomic mass is 16.1. The maximum absolute atomic E-state index is 11.1. The number of nitrogens with one attached hydrogen (secondary N) is 1. The van der Waals surface area contributed by atoms with Crippen molar-refractivity contribution in [2.24, 2.45) is 28.5 Å². The Kier molecular flexibility index (Phi) is 7.18. The van der Waals surface area contributed by atoms with E-state index in [4.69, 9.17) is 5.73 Å². The van der Waals surface area contributed by atoms with Crippen molar-refractivity contribution >= 4 is 11.9 Å². The molecule has 1 saturated heterocycles. The fourth-order valence-corrected chi connectivity index (χ4v) is 4.25. The van der Waals surface area contributed by atoms with Gasteiger partial charge in [0.1, 0.15) is 0 Å². The van der Waals surface area contributed by atoms with Crippen LogP contribution in [0.1, 0.15) is 58.3 Å². The molecule has 5 heteroatoms. The molecular formula is C18H34N4O. The zero-order valence-corrected chi connectivity index (χ0v) is 14.9. The number of primary amides is 1. The van der Waals surface area contributed by atoms with Crippen molar-refractivity contribution in [3.05, 3.63) is 0 Å². The molecule has 1 aliphatic carbocycles. The minimum absolute atomic E-state index is 0.189. The molecule has 1 saturated carbocycles. The van der Waals surface area contributed by atoms with Crippen LogP contribution in [0, 0.1) is 17.8 Å². The van der Waals surface area contributed by atoms with E-state index in [2.05, 4.69) is 22.1 Å². The third kappa shape index (κ3) is 6.04. The van der Waals surface area contributed by atoms with Crippen LogP contribution in [0.2, 0.25) is 0 Å². The first kappa shape index (κ1) is 18.1. The van der Waals surface area contributed by atoms with Crippen LogP contribution in [-0.4, -0.2) is 43.4 Å². The number of carbonyl (C=O) groups excluding carboxylic acids is 1. The van der Waals surface area contributed by atoms with Gasteiger partial charge in [0, 0.05) is 33.1 Å². The highest BCUT2D eigenvalue weighted by Crippen LogP contribution is 2.30. The van der Waals surface area contributed by atoms with E-state index in [0.29, 0.717) is 12.3 Å². The molecule has 2 rings (SSSR count). The molecule has 0 aromatic rings. The summed E-state index contributed by atoms with van der Waals surface area (Å²) < 4.78 is 0. The molecule has 2 aliphatic rings. The van der Waals surface area contributed by atoms with Crippen molar-refractivity contribution in [2.75, 3.05) is 26.7 Å². The van der Waals surface area contributed by atoms with Crippen molar-refractivity contribution in [3.8, 4) is 0 Å². The van der Waals surface area contributed by atoms with Crippen molar-refractivity contribution in [1.29, 1.82) is 0 Å². The summed E-state index contributed by atoms with van der Waals surface area (Å²) >= 11 is 0. The van der Waals surface area contributed by atoms with E-state index in [9.17, 15) is 4.79 Å². The summed E-state index contributed by atoms with van der Waals surface area (Å²) in [5, 5.41) is 3.53. The van der Waals surface area contributed by atoms with Crippen LogP contribution < -0.4 is 11.1 Å². The Bertz CT molecular complexity index is 410. The van der Waals surface area contributed by atoms with Crippen LogP contribution in [0.3, 0.4) is 0 Å². The lowest BCUT2D eigenvalue weighted by Crippen LogP contribution is -2.47. The molecule has 1 amide bonds. The van der Waals surface area contributed by atoms with E-state index in [1.807, 2.05) is 7.05 Å². The maximum atomic E-state index is 11.1. The molecule has 3 N–H and O–H groups in total. The standard InChI is InChI=1S/C18H34N4O/c1-14-5-3-6-15(11-14)8-9-21-18(20-2)22-10-4-7-16(13-22)12-17(19)23/h14-16H,3-13H2,1-2H3,(H2,19,23)(H,20,21). The van der Waals surface area contributed by atoms with Crippen molar-refractivity contribution in [1.82, 2.24) is 10.2 Å². The van der Waals surface area contributed by atoms with E-state index in [0.717, 1.165) is 50.3 Å². The van der Waals surface area contributed by atoms with Gasteiger partial charge in [-0.05, 0) is 43.4 Å². The number of carbonyl (C=O) groups is 1. The van der Waals surface area contributed by atoms with Gasteiger partial charge in [0.25, 0.3) is 0 Å². The van der Waals surface area contributed by atoms with E-state index in [1.54, 1.807) is 0 Å². The molecule has 0 aromatic carbocycles. The van der Waals surface area contributed by atoms with Crippen molar-refractivity contribution in [2.45, 2.75) is 58.3 Å². The number of hydrogen-bond donors (Lipinski definition) is 2. The second kappa shape index (κ2) is 9.14. The van der Waals surface area contributed by atoms with E-state index in [-0.39, 0.29) is 5.91 Å². The number of rotatable bonds is 5. The molecule has 0 radical (unpaired) electrons. The van der Waals surface area contributed by atoms with Crippen LogP contribution in [0.15, 0.2) is 4.99 Å². The summed E-state index contributed by atoms with van der Waals surface area (Å²) in [6.45, 7) is 5.30. The summed E-state index contributed by atoms with van der Waals surface area (Å²) in [6.07, 6.45) is 9.49. The zero-order valence-electron chi connectivity index (χ0n) is 14.9. The first-order valence-electron chi connectivity index (χ1n) is 9.32. The number of likely N-dealkylation sites (tertiary alicyclic amines) is 1. The first-order valence-corrected chi connectivity index (χ1v) is 9.32. The number of nitrogens with two attached hydrogens (primary N) is 1. The number of aliphatic imine (C=N–C) groups is 1. The number of nitrogens with zero attached hydrogens (tertiary/aromatic N) is 2. The Morgan fingerprint density at radius 2 is 2.04 bits per heavy atom. The number of guanidine groups is 1. The fraction of sp³-hybridized carbons (Fsp3) is 0.889. The summed E-state index contributed by atoms with van der Waals surface area (Å²) in [5.41, 5.74) is 5.35. The van der Waals surface area contributed by atoms with Gasteiger partial charge in [-0.1, -0.05) is 26.2 Å². The second-order valence-electron chi connectivity index (χ2n) is 7.53. The molecule has 0 spiro atoms. The molecule has 23 heavy (non-hydrogen) atoms. The lowest BCUT2D eigenvalue weighted by Gasteiger charge is -2.35. The van der Waals surface area contributed by atoms with Gasteiger partial charge in [-0.2, -0.15) is 0 Å². The Balaban J connectivity index is 1.74. The predicted molar refractivity (Wildman–Crippen MR) is 95.2 cm³/mol. The smallest absolute Gasteiger partial charge is 0.217 e. The molecule has 132 valence electrons. The van der Waals surface area contributed by atoms with Crippen molar-refractivity contribution in [3.63, 3.8) is 0 Å². The number of piperidine rings is 1. The van der Waals surface area contributed by atoms with Gasteiger partial charge in [-0.15, -0.1) is 0 Å². The second-order valence-corrected chi connectivity index (χ2v) is 7.53. The zero-order chi connectivity index (χ0) is 16.7. The lowest BCUT2D eigenvalue weighted by atomic mass is 9.81. The van der Waals surface area contributed by atoms with Crippen LogP contribution in [0.5, 0.6) is 0 Å². The molecule has 0 bridgehead atoms. The quantitative estimate of drug-likeness (QED) is 0.603. The minimum atomic E-state index is -0.189. The molecule has 3 atom stereocenters. The van der Waals surface area contributed by atoms with Gasteiger partial charge < -0.3 is 16.0 Å². The van der Waals surface area contributed by atoms with E-state index in [1.165, 1.54) is 32.1 Å². The third-order valence-electron chi connectivity index (χ3n) is 5.40. The molecule has 1 heterocycles. The molecule has 1 aliphatic heterocycles. The SMILES string of the molecule is CN=C(NCCC1CCCC(C)C1)N1CCCC(CC(N)=O)C1. The van der Waals surface area contributed by atoms with Gasteiger partial charge in [0.15, 0.2) is 5.96 Å².